The number of allylic oxidation sites excluding steroid dienone is 1. The molecule has 8 rings (SSSR count). The molecule has 0 amide bonds. The van der Waals surface area contributed by atoms with Crippen LogP contribution in [0.4, 0.5) is 0 Å². The van der Waals surface area contributed by atoms with E-state index in [0.29, 0.717) is 6.42 Å². The Morgan fingerprint density at radius 1 is 0.392 bits per heavy atom. The first-order valence-corrected chi connectivity index (χ1v) is 18.2. The summed E-state index contributed by atoms with van der Waals surface area (Å²) in [4.78, 5) is 10.6. The lowest BCUT2D eigenvalue weighted by Crippen LogP contribution is -2.33. The van der Waals surface area contributed by atoms with E-state index in [1.807, 2.05) is 6.07 Å². The van der Waals surface area contributed by atoms with Gasteiger partial charge < -0.3 is 0 Å². The van der Waals surface area contributed by atoms with Crippen molar-refractivity contribution in [3.63, 3.8) is 0 Å². The highest BCUT2D eigenvalue weighted by Gasteiger charge is 2.37. The number of benzene rings is 6. The van der Waals surface area contributed by atoms with Crippen molar-refractivity contribution in [1.29, 1.82) is 0 Å². The van der Waals surface area contributed by atoms with Gasteiger partial charge in [-0.05, 0) is 98.0 Å². The summed E-state index contributed by atoms with van der Waals surface area (Å²) in [6.07, 6.45) is 5.32. The van der Waals surface area contributed by atoms with Crippen LogP contribution >= 0.6 is 0 Å². The standard InChI is InChI=1S/C49H44N2/c1-48(2)27-28-49(3,4)44-33-38(23-24-43(44)48)41-30-40(35-17-10-6-11-18-35)31-42(32-41)46-26-25-45(50-47(51-46)36-19-12-7-13-20-36)39-22-14-21-37(29-39)34-15-8-5-9-16-34/h5-24,26,29-33H,25,27-28H2,1-4H3. The van der Waals surface area contributed by atoms with E-state index >= 15 is 0 Å². The van der Waals surface area contributed by atoms with E-state index < -0.39 is 0 Å². The first-order chi connectivity index (χ1) is 24.7. The molecule has 0 fully saturated rings. The summed E-state index contributed by atoms with van der Waals surface area (Å²) in [6, 6.07) is 54.5. The fourth-order valence-corrected chi connectivity index (χ4v) is 7.65. The minimum Gasteiger partial charge on any atom is -0.232 e. The van der Waals surface area contributed by atoms with Crippen molar-refractivity contribution in [3.05, 3.63) is 186 Å². The van der Waals surface area contributed by atoms with Crippen molar-refractivity contribution in [3.8, 4) is 33.4 Å². The first-order valence-electron chi connectivity index (χ1n) is 18.2. The van der Waals surface area contributed by atoms with Gasteiger partial charge in [-0.25, -0.2) is 9.98 Å². The van der Waals surface area contributed by atoms with E-state index in [0.717, 1.165) is 33.9 Å². The molecular weight excluding hydrogens is 617 g/mol. The van der Waals surface area contributed by atoms with E-state index in [1.165, 1.54) is 57.3 Å². The van der Waals surface area contributed by atoms with Gasteiger partial charge in [0, 0.05) is 17.5 Å². The normalized spacial score (nSPS) is 16.3. The Kier molecular flexibility index (Phi) is 8.48. The van der Waals surface area contributed by atoms with Gasteiger partial charge in [-0.3, -0.25) is 0 Å². The number of hydrogen-bond donors (Lipinski definition) is 0. The van der Waals surface area contributed by atoms with E-state index in [-0.39, 0.29) is 10.8 Å². The predicted octanol–water partition coefficient (Wildman–Crippen LogP) is 12.7. The quantitative estimate of drug-likeness (QED) is 0.170. The van der Waals surface area contributed by atoms with Crippen LogP contribution < -0.4 is 0 Å². The minimum atomic E-state index is 0.130. The predicted molar refractivity (Wildman–Crippen MR) is 217 cm³/mol. The molecule has 0 unspecified atom stereocenters. The van der Waals surface area contributed by atoms with E-state index in [2.05, 4.69) is 179 Å². The van der Waals surface area contributed by atoms with Crippen LogP contribution in [0.2, 0.25) is 0 Å². The van der Waals surface area contributed by atoms with Gasteiger partial charge in [0.1, 0.15) is 0 Å². The maximum absolute atomic E-state index is 5.34. The Morgan fingerprint density at radius 2 is 0.882 bits per heavy atom. The Bertz CT molecular complexity index is 2310. The van der Waals surface area contributed by atoms with Crippen LogP contribution in [0.15, 0.2) is 168 Å². The molecule has 2 aliphatic rings. The lowest BCUT2D eigenvalue weighted by atomic mass is 9.63. The second kappa shape index (κ2) is 13.3. The minimum absolute atomic E-state index is 0.130. The van der Waals surface area contributed by atoms with Gasteiger partial charge in [0.05, 0.1) is 11.4 Å². The molecule has 1 heterocycles. The molecule has 2 nitrogen and oxygen atoms in total. The highest BCUT2D eigenvalue weighted by atomic mass is 14.9. The molecule has 0 saturated carbocycles. The zero-order valence-electron chi connectivity index (χ0n) is 30.0. The molecule has 0 aromatic heterocycles. The van der Waals surface area contributed by atoms with Gasteiger partial charge in [-0.15, -0.1) is 0 Å². The average molecular weight is 661 g/mol. The van der Waals surface area contributed by atoms with Crippen LogP contribution in [0.3, 0.4) is 0 Å². The van der Waals surface area contributed by atoms with Crippen LogP contribution in [0.1, 0.15) is 74.8 Å². The lowest BCUT2D eigenvalue weighted by molar-refractivity contribution is 0.332. The fraction of sp³-hybridized carbons (Fsp3) is 0.184. The monoisotopic (exact) mass is 660 g/mol. The van der Waals surface area contributed by atoms with Crippen LogP contribution in [0, 0.1) is 0 Å². The maximum atomic E-state index is 5.34. The molecule has 0 N–H and O–H groups in total. The number of rotatable bonds is 6. The third-order valence-electron chi connectivity index (χ3n) is 10.8. The summed E-state index contributed by atoms with van der Waals surface area (Å²) in [5.74, 6) is 0.726. The highest BCUT2D eigenvalue weighted by Crippen LogP contribution is 2.47. The zero-order valence-corrected chi connectivity index (χ0v) is 30.0. The van der Waals surface area contributed by atoms with E-state index in [1.54, 1.807) is 0 Å². The second-order valence-corrected chi connectivity index (χ2v) is 15.3. The second-order valence-electron chi connectivity index (χ2n) is 15.3. The largest absolute Gasteiger partial charge is 0.232 e. The lowest BCUT2D eigenvalue weighted by Gasteiger charge is -2.42. The first kappa shape index (κ1) is 32.6. The number of nitrogens with zero attached hydrogens (tertiary/aromatic N) is 2. The molecule has 0 bridgehead atoms. The van der Waals surface area contributed by atoms with Gasteiger partial charge in [0.15, 0.2) is 5.84 Å². The van der Waals surface area contributed by atoms with E-state index in [9.17, 15) is 0 Å². The maximum Gasteiger partial charge on any atom is 0.160 e. The van der Waals surface area contributed by atoms with Crippen molar-refractivity contribution in [2.45, 2.75) is 57.8 Å². The van der Waals surface area contributed by atoms with Gasteiger partial charge in [0.25, 0.3) is 0 Å². The van der Waals surface area contributed by atoms with Crippen LogP contribution in [0.25, 0.3) is 39.1 Å². The number of amidine groups is 1. The van der Waals surface area contributed by atoms with Crippen LogP contribution in [0.5, 0.6) is 0 Å². The molecule has 6 aromatic carbocycles. The smallest absolute Gasteiger partial charge is 0.160 e. The van der Waals surface area contributed by atoms with Gasteiger partial charge in [-0.1, -0.05) is 161 Å². The molecule has 0 spiro atoms. The molecule has 6 aromatic rings. The Labute approximate surface area is 303 Å². The number of hydrogen-bond acceptors (Lipinski definition) is 2. The fourth-order valence-electron chi connectivity index (χ4n) is 7.65. The molecule has 1 aliphatic heterocycles. The Hall–Kier alpha value is -5.60. The molecule has 250 valence electrons. The van der Waals surface area contributed by atoms with Gasteiger partial charge in [-0.2, -0.15) is 0 Å². The summed E-state index contributed by atoms with van der Waals surface area (Å²) in [5, 5.41) is 0. The van der Waals surface area contributed by atoms with Crippen molar-refractivity contribution in [2.75, 3.05) is 0 Å². The van der Waals surface area contributed by atoms with Gasteiger partial charge >= 0.3 is 0 Å². The average Bonchev–Trinajstić information content (AvgIpc) is 3.41. The summed E-state index contributed by atoms with van der Waals surface area (Å²) < 4.78 is 0. The molecule has 1 aliphatic carbocycles. The van der Waals surface area contributed by atoms with Gasteiger partial charge in [0.2, 0.25) is 0 Å². The summed E-state index contributed by atoms with van der Waals surface area (Å²) >= 11 is 0. The summed E-state index contributed by atoms with van der Waals surface area (Å²) in [5.41, 5.74) is 15.6. The molecule has 2 heteroatoms. The Morgan fingerprint density at radius 3 is 1.55 bits per heavy atom. The van der Waals surface area contributed by atoms with E-state index in [4.69, 9.17) is 9.98 Å². The van der Waals surface area contributed by atoms with Crippen LogP contribution in [-0.2, 0) is 10.8 Å². The zero-order chi connectivity index (χ0) is 35.0. The van der Waals surface area contributed by atoms with Crippen molar-refractivity contribution in [1.82, 2.24) is 0 Å². The molecule has 0 radical (unpaired) electrons. The Balaban J connectivity index is 1.27. The molecule has 0 atom stereocenters. The van der Waals surface area contributed by atoms with Crippen molar-refractivity contribution >= 4 is 17.2 Å². The molecule has 51 heavy (non-hydrogen) atoms. The SMILES string of the molecule is CC1(C)CCC(C)(C)c2cc(-c3cc(C4=CCC(c5cccc(-c6ccccc6)c5)=NC(c5ccccc5)=N4)cc(-c4ccccc4)c3)ccc21. The van der Waals surface area contributed by atoms with Crippen molar-refractivity contribution in [2.24, 2.45) is 9.98 Å². The number of fused-ring (bicyclic) bond motifs is 1. The van der Waals surface area contributed by atoms with Crippen LogP contribution in [-0.4, -0.2) is 11.5 Å². The third-order valence-corrected chi connectivity index (χ3v) is 10.8. The summed E-state index contributed by atoms with van der Waals surface area (Å²) in [6.45, 7) is 9.59. The third kappa shape index (κ3) is 6.67. The molecular formula is C49H44N2. The topological polar surface area (TPSA) is 24.7 Å². The molecule has 0 saturated heterocycles. The highest BCUT2D eigenvalue weighted by molar-refractivity contribution is 6.15. The summed E-state index contributed by atoms with van der Waals surface area (Å²) in [7, 11) is 0. The number of aliphatic imine (C=N–C) groups is 2. The van der Waals surface area contributed by atoms with Crippen molar-refractivity contribution < 1.29 is 0 Å².